The number of hydrogen-bond acceptors (Lipinski definition) is 3. The molecule has 1 aliphatic carbocycles. The Kier molecular flexibility index (Phi) is 5.09. The highest BCUT2D eigenvalue weighted by atomic mass is 15.1. The van der Waals surface area contributed by atoms with Gasteiger partial charge in [-0.25, -0.2) is 0 Å². The van der Waals surface area contributed by atoms with Gasteiger partial charge in [-0.2, -0.15) is 5.26 Å². The minimum Gasteiger partial charge on any atom is -0.303 e. The van der Waals surface area contributed by atoms with Gasteiger partial charge in [-0.05, 0) is 70.5 Å². The molecule has 0 amide bonds. The van der Waals surface area contributed by atoms with Gasteiger partial charge in [0.1, 0.15) is 5.54 Å². The smallest absolute Gasteiger partial charge is 0.104 e. The fraction of sp³-hybridized carbons (Fsp3) is 0.941. The Morgan fingerprint density at radius 1 is 1.35 bits per heavy atom. The lowest BCUT2D eigenvalue weighted by molar-refractivity contribution is 0.112. The van der Waals surface area contributed by atoms with Gasteiger partial charge in [0.2, 0.25) is 0 Å². The molecule has 0 bridgehead atoms. The zero-order valence-corrected chi connectivity index (χ0v) is 13.5. The van der Waals surface area contributed by atoms with Crippen LogP contribution in [0.15, 0.2) is 0 Å². The Hall–Kier alpha value is -0.590. The van der Waals surface area contributed by atoms with Gasteiger partial charge in [0.15, 0.2) is 0 Å². The SMILES string of the molecule is CCC1(C)CCN(CCCC(C)(C#N)NC2CC2)CC1. The van der Waals surface area contributed by atoms with E-state index in [-0.39, 0.29) is 5.54 Å². The quantitative estimate of drug-likeness (QED) is 0.776. The number of hydrogen-bond donors (Lipinski definition) is 1. The molecule has 114 valence electrons. The second kappa shape index (κ2) is 6.45. The van der Waals surface area contributed by atoms with Crippen LogP contribution < -0.4 is 5.32 Å². The number of likely N-dealkylation sites (tertiary alicyclic amines) is 1. The number of rotatable bonds is 7. The molecule has 3 nitrogen and oxygen atoms in total. The number of nitrogens with zero attached hydrogens (tertiary/aromatic N) is 2. The van der Waals surface area contributed by atoms with Crippen LogP contribution >= 0.6 is 0 Å². The zero-order valence-electron chi connectivity index (χ0n) is 13.5. The Morgan fingerprint density at radius 2 is 2.00 bits per heavy atom. The summed E-state index contributed by atoms with van der Waals surface area (Å²) in [5, 5.41) is 12.9. The van der Waals surface area contributed by atoms with E-state index in [1.165, 1.54) is 45.2 Å². The van der Waals surface area contributed by atoms with Crippen molar-refractivity contribution in [2.24, 2.45) is 5.41 Å². The summed E-state index contributed by atoms with van der Waals surface area (Å²) in [6, 6.07) is 3.09. The fourth-order valence-corrected chi connectivity index (χ4v) is 3.16. The van der Waals surface area contributed by atoms with Crippen molar-refractivity contribution in [2.75, 3.05) is 19.6 Å². The summed E-state index contributed by atoms with van der Waals surface area (Å²) in [5.74, 6) is 0. The monoisotopic (exact) mass is 277 g/mol. The standard InChI is InChI=1S/C17H31N3/c1-4-16(2)9-12-20(13-10-16)11-5-8-17(3,14-18)19-15-6-7-15/h15,19H,4-13H2,1-3H3. The molecule has 2 rings (SSSR count). The van der Waals surface area contributed by atoms with E-state index < -0.39 is 0 Å². The van der Waals surface area contributed by atoms with Crippen LogP contribution in [0.1, 0.15) is 65.7 Å². The molecule has 1 atom stereocenters. The zero-order chi connectivity index (χ0) is 14.6. The van der Waals surface area contributed by atoms with E-state index in [0.29, 0.717) is 11.5 Å². The van der Waals surface area contributed by atoms with Gasteiger partial charge >= 0.3 is 0 Å². The molecule has 2 aliphatic rings. The largest absolute Gasteiger partial charge is 0.303 e. The molecule has 0 spiro atoms. The van der Waals surface area contributed by atoms with Gasteiger partial charge in [-0.3, -0.25) is 5.32 Å². The molecule has 1 N–H and O–H groups in total. The van der Waals surface area contributed by atoms with Crippen LogP contribution in [0.4, 0.5) is 0 Å². The lowest BCUT2D eigenvalue weighted by Gasteiger charge is -2.39. The van der Waals surface area contributed by atoms with Crippen molar-refractivity contribution >= 4 is 0 Å². The highest BCUT2D eigenvalue weighted by Gasteiger charge is 2.32. The summed E-state index contributed by atoms with van der Waals surface area (Å²) < 4.78 is 0. The number of nitriles is 1. The van der Waals surface area contributed by atoms with E-state index in [2.05, 4.69) is 37.1 Å². The lowest BCUT2D eigenvalue weighted by Crippen LogP contribution is -2.43. The van der Waals surface area contributed by atoms with Crippen LogP contribution in [0, 0.1) is 16.7 Å². The predicted octanol–water partition coefficient (Wildman–Crippen LogP) is 3.31. The third-order valence-electron chi connectivity index (χ3n) is 5.41. The average molecular weight is 277 g/mol. The Bertz CT molecular complexity index is 348. The van der Waals surface area contributed by atoms with Gasteiger partial charge in [0, 0.05) is 6.04 Å². The van der Waals surface area contributed by atoms with E-state index in [4.69, 9.17) is 0 Å². The minimum absolute atomic E-state index is 0.311. The first-order chi connectivity index (χ1) is 9.49. The number of piperidine rings is 1. The summed E-state index contributed by atoms with van der Waals surface area (Å²) in [5.41, 5.74) is 0.264. The molecule has 1 saturated heterocycles. The average Bonchev–Trinajstić information content (AvgIpc) is 3.25. The van der Waals surface area contributed by atoms with Crippen LogP contribution in [-0.2, 0) is 0 Å². The summed E-state index contributed by atoms with van der Waals surface area (Å²) >= 11 is 0. The Labute approximate surface area is 124 Å². The van der Waals surface area contributed by atoms with Gasteiger partial charge in [0.25, 0.3) is 0 Å². The minimum atomic E-state index is -0.311. The van der Waals surface area contributed by atoms with Crippen molar-refractivity contribution in [1.29, 1.82) is 5.26 Å². The first kappa shape index (κ1) is 15.8. The van der Waals surface area contributed by atoms with Crippen molar-refractivity contribution in [3.63, 3.8) is 0 Å². The molecule has 0 aromatic heterocycles. The second-order valence-electron chi connectivity index (χ2n) is 7.47. The summed E-state index contributed by atoms with van der Waals surface area (Å²) in [7, 11) is 0. The molecule has 1 aliphatic heterocycles. The van der Waals surface area contributed by atoms with Crippen molar-refractivity contribution in [3.05, 3.63) is 0 Å². The van der Waals surface area contributed by atoms with Crippen LogP contribution in [-0.4, -0.2) is 36.1 Å². The first-order valence-electron chi connectivity index (χ1n) is 8.40. The topological polar surface area (TPSA) is 39.1 Å². The molecule has 1 heterocycles. The van der Waals surface area contributed by atoms with Gasteiger partial charge in [-0.15, -0.1) is 0 Å². The van der Waals surface area contributed by atoms with E-state index in [1.807, 2.05) is 0 Å². The summed E-state index contributed by atoms with van der Waals surface area (Å²) in [6.07, 6.45) is 8.57. The summed E-state index contributed by atoms with van der Waals surface area (Å²) in [4.78, 5) is 2.59. The predicted molar refractivity (Wildman–Crippen MR) is 83.5 cm³/mol. The summed E-state index contributed by atoms with van der Waals surface area (Å²) in [6.45, 7) is 10.4. The molecule has 1 saturated carbocycles. The Morgan fingerprint density at radius 3 is 2.50 bits per heavy atom. The lowest BCUT2D eigenvalue weighted by atomic mass is 9.78. The fourth-order valence-electron chi connectivity index (χ4n) is 3.16. The van der Waals surface area contributed by atoms with E-state index in [0.717, 1.165) is 19.4 Å². The first-order valence-corrected chi connectivity index (χ1v) is 8.40. The van der Waals surface area contributed by atoms with Crippen LogP contribution in [0.3, 0.4) is 0 Å². The maximum Gasteiger partial charge on any atom is 0.104 e. The molecule has 0 radical (unpaired) electrons. The maximum absolute atomic E-state index is 9.37. The van der Waals surface area contributed by atoms with Gasteiger partial charge in [-0.1, -0.05) is 20.3 Å². The molecular formula is C17H31N3. The van der Waals surface area contributed by atoms with Gasteiger partial charge < -0.3 is 4.90 Å². The number of nitrogens with one attached hydrogen (secondary N) is 1. The van der Waals surface area contributed by atoms with Crippen LogP contribution in [0.25, 0.3) is 0 Å². The van der Waals surface area contributed by atoms with E-state index in [9.17, 15) is 5.26 Å². The molecule has 2 fully saturated rings. The molecular weight excluding hydrogens is 246 g/mol. The van der Waals surface area contributed by atoms with Gasteiger partial charge in [0.05, 0.1) is 6.07 Å². The van der Waals surface area contributed by atoms with Crippen molar-refractivity contribution < 1.29 is 0 Å². The van der Waals surface area contributed by atoms with Crippen molar-refractivity contribution in [2.45, 2.75) is 77.3 Å². The van der Waals surface area contributed by atoms with Crippen molar-refractivity contribution in [1.82, 2.24) is 10.2 Å². The molecule has 20 heavy (non-hydrogen) atoms. The molecule has 0 aromatic carbocycles. The maximum atomic E-state index is 9.37. The third kappa shape index (κ3) is 4.46. The molecule has 1 unspecified atom stereocenters. The van der Waals surface area contributed by atoms with Crippen molar-refractivity contribution in [3.8, 4) is 6.07 Å². The molecule has 0 aromatic rings. The highest BCUT2D eigenvalue weighted by Crippen LogP contribution is 2.34. The highest BCUT2D eigenvalue weighted by molar-refractivity contribution is 5.07. The van der Waals surface area contributed by atoms with E-state index in [1.54, 1.807) is 0 Å². The van der Waals surface area contributed by atoms with Crippen LogP contribution in [0.5, 0.6) is 0 Å². The second-order valence-corrected chi connectivity index (χ2v) is 7.47. The van der Waals surface area contributed by atoms with Crippen LogP contribution in [0.2, 0.25) is 0 Å². The molecule has 3 heteroatoms. The van der Waals surface area contributed by atoms with E-state index >= 15 is 0 Å². The third-order valence-corrected chi connectivity index (χ3v) is 5.41. The normalized spacial score (nSPS) is 25.9. The Balaban J connectivity index is 1.67.